The second-order valence-corrected chi connectivity index (χ2v) is 4.68. The molecule has 1 aromatic rings. The van der Waals surface area contributed by atoms with Crippen LogP contribution in [0.3, 0.4) is 0 Å². The number of nitrogens with zero attached hydrogens (tertiary/aromatic N) is 2. The van der Waals surface area contributed by atoms with Crippen LogP contribution in [-0.4, -0.2) is 30.5 Å². The Bertz CT molecular complexity index is 418. The van der Waals surface area contributed by atoms with Crippen LogP contribution < -0.4 is 5.32 Å². The molecular weight excluding hydrogens is 349 g/mol. The van der Waals surface area contributed by atoms with Gasteiger partial charge in [0.15, 0.2) is 5.96 Å². The van der Waals surface area contributed by atoms with Gasteiger partial charge in [0, 0.05) is 26.2 Å². The fourth-order valence-electron chi connectivity index (χ4n) is 2.32. The van der Waals surface area contributed by atoms with Crippen molar-refractivity contribution in [2.45, 2.75) is 33.2 Å². The third-order valence-corrected chi connectivity index (χ3v) is 3.25. The van der Waals surface area contributed by atoms with Crippen molar-refractivity contribution in [3.05, 3.63) is 35.4 Å². The second kappa shape index (κ2) is 8.40. The SMILES string of the molecule is CCCN=C(NCC)N1CCc2ccccc2C1.I. The number of halogens is 1. The van der Waals surface area contributed by atoms with Gasteiger partial charge in [0.2, 0.25) is 0 Å². The summed E-state index contributed by atoms with van der Waals surface area (Å²) in [6, 6.07) is 8.72. The van der Waals surface area contributed by atoms with Crippen LogP contribution in [0.15, 0.2) is 29.3 Å². The Kier molecular flexibility index (Phi) is 7.20. The Hall–Kier alpha value is -0.780. The number of aliphatic imine (C=N–C) groups is 1. The minimum atomic E-state index is 0. The van der Waals surface area contributed by atoms with E-state index in [-0.39, 0.29) is 24.0 Å². The molecule has 0 bridgehead atoms. The third kappa shape index (κ3) is 4.37. The summed E-state index contributed by atoms with van der Waals surface area (Å²) >= 11 is 0. The van der Waals surface area contributed by atoms with E-state index in [0.29, 0.717) is 0 Å². The van der Waals surface area contributed by atoms with E-state index in [0.717, 1.165) is 45.0 Å². The van der Waals surface area contributed by atoms with E-state index in [9.17, 15) is 0 Å². The van der Waals surface area contributed by atoms with Gasteiger partial charge < -0.3 is 10.2 Å². The molecule has 0 saturated heterocycles. The van der Waals surface area contributed by atoms with Crippen LogP contribution in [0.2, 0.25) is 0 Å². The molecule has 0 fully saturated rings. The number of benzene rings is 1. The molecule has 1 aliphatic heterocycles. The van der Waals surface area contributed by atoms with E-state index in [1.54, 1.807) is 0 Å². The molecule has 1 heterocycles. The zero-order valence-electron chi connectivity index (χ0n) is 11.9. The van der Waals surface area contributed by atoms with Crippen molar-refractivity contribution < 1.29 is 0 Å². The highest BCUT2D eigenvalue weighted by Crippen LogP contribution is 2.18. The van der Waals surface area contributed by atoms with Gasteiger partial charge in [0.1, 0.15) is 0 Å². The molecule has 4 heteroatoms. The van der Waals surface area contributed by atoms with E-state index in [1.165, 1.54) is 11.1 Å². The lowest BCUT2D eigenvalue weighted by Crippen LogP contribution is -2.44. The van der Waals surface area contributed by atoms with Crippen molar-refractivity contribution in [3.8, 4) is 0 Å². The van der Waals surface area contributed by atoms with Crippen molar-refractivity contribution in [2.75, 3.05) is 19.6 Å². The quantitative estimate of drug-likeness (QED) is 0.501. The normalized spacial score (nSPS) is 14.6. The molecule has 1 aliphatic rings. The van der Waals surface area contributed by atoms with Gasteiger partial charge in [-0.05, 0) is 30.9 Å². The van der Waals surface area contributed by atoms with Crippen molar-refractivity contribution in [2.24, 2.45) is 4.99 Å². The highest BCUT2D eigenvalue weighted by molar-refractivity contribution is 14.0. The molecular formula is C15H24IN3. The standard InChI is InChI=1S/C15H23N3.HI/c1-3-10-17-15(16-4-2)18-11-9-13-7-5-6-8-14(13)12-18;/h5-8H,3-4,9-12H2,1-2H3,(H,16,17);1H. The number of fused-ring (bicyclic) bond motifs is 1. The van der Waals surface area contributed by atoms with Crippen molar-refractivity contribution in [1.29, 1.82) is 0 Å². The fourth-order valence-corrected chi connectivity index (χ4v) is 2.32. The van der Waals surface area contributed by atoms with E-state index >= 15 is 0 Å². The van der Waals surface area contributed by atoms with E-state index in [1.807, 2.05) is 0 Å². The number of nitrogens with one attached hydrogen (secondary N) is 1. The summed E-state index contributed by atoms with van der Waals surface area (Å²) < 4.78 is 0. The van der Waals surface area contributed by atoms with Crippen LogP contribution in [0.5, 0.6) is 0 Å². The maximum absolute atomic E-state index is 4.66. The molecule has 19 heavy (non-hydrogen) atoms. The van der Waals surface area contributed by atoms with Gasteiger partial charge in [0.05, 0.1) is 0 Å². The smallest absolute Gasteiger partial charge is 0.194 e. The van der Waals surface area contributed by atoms with Crippen LogP contribution in [0.1, 0.15) is 31.4 Å². The monoisotopic (exact) mass is 373 g/mol. The number of hydrogen-bond acceptors (Lipinski definition) is 1. The van der Waals surface area contributed by atoms with Gasteiger partial charge in [-0.3, -0.25) is 4.99 Å². The maximum Gasteiger partial charge on any atom is 0.194 e. The molecule has 1 aromatic carbocycles. The maximum atomic E-state index is 4.66. The average molecular weight is 373 g/mol. The Morgan fingerprint density at radius 2 is 2.00 bits per heavy atom. The van der Waals surface area contributed by atoms with Crippen molar-refractivity contribution in [1.82, 2.24) is 10.2 Å². The van der Waals surface area contributed by atoms with Gasteiger partial charge in [-0.1, -0.05) is 31.2 Å². The van der Waals surface area contributed by atoms with Gasteiger partial charge >= 0.3 is 0 Å². The van der Waals surface area contributed by atoms with Crippen LogP contribution in [0, 0.1) is 0 Å². The summed E-state index contributed by atoms with van der Waals surface area (Å²) in [6.45, 7) is 8.16. The van der Waals surface area contributed by atoms with Crippen LogP contribution in [0.25, 0.3) is 0 Å². The van der Waals surface area contributed by atoms with Gasteiger partial charge in [-0.25, -0.2) is 0 Å². The molecule has 3 nitrogen and oxygen atoms in total. The van der Waals surface area contributed by atoms with Gasteiger partial charge in [0.25, 0.3) is 0 Å². The zero-order valence-corrected chi connectivity index (χ0v) is 14.2. The molecule has 0 saturated carbocycles. The summed E-state index contributed by atoms with van der Waals surface area (Å²) in [4.78, 5) is 7.02. The molecule has 106 valence electrons. The first-order valence-corrected chi connectivity index (χ1v) is 6.95. The van der Waals surface area contributed by atoms with Crippen LogP contribution in [0.4, 0.5) is 0 Å². The topological polar surface area (TPSA) is 27.6 Å². The number of guanidine groups is 1. The molecule has 2 rings (SSSR count). The van der Waals surface area contributed by atoms with Crippen LogP contribution >= 0.6 is 24.0 Å². The molecule has 0 spiro atoms. The number of rotatable bonds is 3. The first-order valence-electron chi connectivity index (χ1n) is 6.95. The second-order valence-electron chi connectivity index (χ2n) is 4.68. The molecule has 0 amide bonds. The first-order chi connectivity index (χ1) is 8.85. The first kappa shape index (κ1) is 16.3. The molecule has 0 aromatic heterocycles. The molecule has 1 N–H and O–H groups in total. The Balaban J connectivity index is 0.00000180. The Morgan fingerprint density at radius 3 is 2.68 bits per heavy atom. The predicted molar refractivity (Wildman–Crippen MR) is 92.2 cm³/mol. The predicted octanol–water partition coefficient (Wildman–Crippen LogP) is 3.04. The number of hydrogen-bond donors (Lipinski definition) is 1. The summed E-state index contributed by atoms with van der Waals surface area (Å²) in [5, 5.41) is 3.39. The van der Waals surface area contributed by atoms with Gasteiger partial charge in [-0.2, -0.15) is 0 Å². The lowest BCUT2D eigenvalue weighted by atomic mass is 10.0. The lowest BCUT2D eigenvalue weighted by Gasteiger charge is -2.31. The largest absolute Gasteiger partial charge is 0.357 e. The zero-order chi connectivity index (χ0) is 12.8. The van der Waals surface area contributed by atoms with Crippen molar-refractivity contribution >= 4 is 29.9 Å². The summed E-state index contributed by atoms with van der Waals surface area (Å²) in [7, 11) is 0. The summed E-state index contributed by atoms with van der Waals surface area (Å²) in [5.41, 5.74) is 2.92. The minimum Gasteiger partial charge on any atom is -0.357 e. The lowest BCUT2D eigenvalue weighted by molar-refractivity contribution is 0.378. The summed E-state index contributed by atoms with van der Waals surface area (Å²) in [5.74, 6) is 1.06. The Morgan fingerprint density at radius 1 is 1.26 bits per heavy atom. The van der Waals surface area contributed by atoms with E-state index < -0.39 is 0 Å². The average Bonchev–Trinajstić information content (AvgIpc) is 2.43. The molecule has 0 atom stereocenters. The molecule has 0 unspecified atom stereocenters. The highest BCUT2D eigenvalue weighted by Gasteiger charge is 2.18. The third-order valence-electron chi connectivity index (χ3n) is 3.25. The molecule has 0 aliphatic carbocycles. The van der Waals surface area contributed by atoms with E-state index in [2.05, 4.69) is 53.3 Å². The minimum absolute atomic E-state index is 0. The Labute approximate surface area is 133 Å². The van der Waals surface area contributed by atoms with Crippen molar-refractivity contribution in [3.63, 3.8) is 0 Å². The fraction of sp³-hybridized carbons (Fsp3) is 0.533. The molecule has 0 radical (unpaired) electrons. The highest BCUT2D eigenvalue weighted by atomic mass is 127. The summed E-state index contributed by atoms with van der Waals surface area (Å²) in [6.07, 6.45) is 2.21. The van der Waals surface area contributed by atoms with E-state index in [4.69, 9.17) is 0 Å². The van der Waals surface area contributed by atoms with Gasteiger partial charge in [-0.15, -0.1) is 24.0 Å². The van der Waals surface area contributed by atoms with Crippen LogP contribution in [-0.2, 0) is 13.0 Å².